The van der Waals surface area contributed by atoms with Crippen LogP contribution in [-0.2, 0) is 24.8 Å². The molecule has 0 unspecified atom stereocenters. The van der Waals surface area contributed by atoms with E-state index in [2.05, 4.69) is 22.1 Å². The standard InChI is InChI=1S/C32H30ClN7O6S/c1-17(36)31(41)45-15-24(46-32(42)18(2)37)14-43-23-9-5-19(6-10-23)27-25(11-34)28(38)40-30(26(27)12-35)47-16-22-13-44-29(39-22)20-3-7-21(33)8-4-20/h3-10,13,17-18,24H,14-16,36-37H2,1-2H3,(H2,38,40)/t17-,18-,24+/m1/s1. The number of oxazole rings is 1. The summed E-state index contributed by atoms with van der Waals surface area (Å²) in [7, 11) is 0. The van der Waals surface area contributed by atoms with Crippen LogP contribution in [0, 0.1) is 22.7 Å². The third kappa shape index (κ3) is 9.00. The van der Waals surface area contributed by atoms with Crippen LogP contribution in [0.3, 0.4) is 0 Å². The topological polar surface area (TPSA) is 226 Å². The summed E-state index contributed by atoms with van der Waals surface area (Å²) in [5.41, 5.74) is 19.7. The summed E-state index contributed by atoms with van der Waals surface area (Å²) in [6.07, 6.45) is 0.554. The van der Waals surface area contributed by atoms with Gasteiger partial charge in [-0.25, -0.2) is 9.97 Å². The average Bonchev–Trinajstić information content (AvgIpc) is 3.54. The lowest BCUT2D eigenvalue weighted by atomic mass is 9.97. The molecule has 2 heterocycles. The molecule has 0 fully saturated rings. The van der Waals surface area contributed by atoms with Gasteiger partial charge in [0.1, 0.15) is 65.9 Å². The van der Waals surface area contributed by atoms with Crippen LogP contribution in [0.5, 0.6) is 5.75 Å². The van der Waals surface area contributed by atoms with E-state index in [1.165, 1.54) is 31.9 Å². The molecule has 2 aromatic heterocycles. The maximum absolute atomic E-state index is 12.1. The molecule has 0 radical (unpaired) electrons. The smallest absolute Gasteiger partial charge is 0.323 e. The van der Waals surface area contributed by atoms with Crippen molar-refractivity contribution >= 4 is 41.1 Å². The number of esters is 2. The van der Waals surface area contributed by atoms with Gasteiger partial charge in [0, 0.05) is 21.9 Å². The molecular weight excluding hydrogens is 646 g/mol. The number of thioether (sulfide) groups is 1. The second-order valence-electron chi connectivity index (χ2n) is 10.2. The Morgan fingerprint density at radius 1 is 0.936 bits per heavy atom. The molecule has 47 heavy (non-hydrogen) atoms. The fourth-order valence-corrected chi connectivity index (χ4v) is 5.03. The second kappa shape index (κ2) is 15.9. The lowest BCUT2D eigenvalue weighted by molar-refractivity contribution is -0.162. The molecule has 0 aliphatic rings. The number of aromatic nitrogens is 2. The molecule has 0 aliphatic heterocycles. The zero-order chi connectivity index (χ0) is 34.1. The van der Waals surface area contributed by atoms with Crippen LogP contribution < -0.4 is 21.9 Å². The van der Waals surface area contributed by atoms with Gasteiger partial charge in [-0.3, -0.25) is 9.59 Å². The number of nitrogens with zero attached hydrogens (tertiary/aromatic N) is 4. The largest absolute Gasteiger partial charge is 0.490 e. The molecule has 4 aromatic rings. The Balaban J connectivity index is 1.52. The van der Waals surface area contributed by atoms with Crippen molar-refractivity contribution in [3.63, 3.8) is 0 Å². The number of ether oxygens (including phenoxy) is 3. The number of benzene rings is 2. The van der Waals surface area contributed by atoms with E-state index in [4.69, 9.17) is 47.4 Å². The zero-order valence-electron chi connectivity index (χ0n) is 25.3. The maximum atomic E-state index is 12.1. The molecule has 6 N–H and O–H groups in total. The molecule has 2 aromatic carbocycles. The van der Waals surface area contributed by atoms with Crippen molar-refractivity contribution in [2.45, 2.75) is 42.8 Å². The summed E-state index contributed by atoms with van der Waals surface area (Å²) in [4.78, 5) is 32.7. The fraction of sp³-hybridized carbons (Fsp3) is 0.250. The van der Waals surface area contributed by atoms with Crippen molar-refractivity contribution in [1.29, 1.82) is 10.5 Å². The van der Waals surface area contributed by atoms with Gasteiger partial charge in [0.2, 0.25) is 5.89 Å². The Hall–Kier alpha value is -5.12. The highest BCUT2D eigenvalue weighted by Crippen LogP contribution is 2.37. The first-order valence-electron chi connectivity index (χ1n) is 14.1. The predicted octanol–water partition coefficient (Wildman–Crippen LogP) is 4.20. The third-order valence-electron chi connectivity index (χ3n) is 6.43. The normalized spacial score (nSPS) is 12.7. The molecule has 13 nitrogen and oxygen atoms in total. The Morgan fingerprint density at radius 2 is 1.57 bits per heavy atom. The zero-order valence-corrected chi connectivity index (χ0v) is 26.9. The van der Waals surface area contributed by atoms with Crippen molar-refractivity contribution in [2.24, 2.45) is 11.5 Å². The van der Waals surface area contributed by atoms with Crippen LogP contribution in [0.15, 0.2) is 64.2 Å². The van der Waals surface area contributed by atoms with Gasteiger partial charge in [-0.05, 0) is 55.8 Å². The van der Waals surface area contributed by atoms with Crippen molar-refractivity contribution in [3.8, 4) is 40.5 Å². The average molecular weight is 676 g/mol. The van der Waals surface area contributed by atoms with Crippen molar-refractivity contribution in [2.75, 3.05) is 18.9 Å². The first-order chi connectivity index (χ1) is 22.5. The van der Waals surface area contributed by atoms with E-state index in [1.54, 1.807) is 48.5 Å². The molecule has 0 spiro atoms. The van der Waals surface area contributed by atoms with E-state index in [0.29, 0.717) is 44.3 Å². The number of carbonyl (C=O) groups is 2. The SMILES string of the molecule is C[C@@H](N)C(=O)OC[C@H](COc1ccc(-c2c(C#N)c(N)nc(SCc3coc(-c4ccc(Cl)cc4)n3)c2C#N)cc1)OC(=O)[C@@H](C)N. The van der Waals surface area contributed by atoms with Gasteiger partial charge in [0.25, 0.3) is 0 Å². The number of nitrogens with two attached hydrogens (primary N) is 3. The van der Waals surface area contributed by atoms with Gasteiger partial charge < -0.3 is 35.8 Å². The predicted molar refractivity (Wildman–Crippen MR) is 174 cm³/mol. The van der Waals surface area contributed by atoms with Crippen molar-refractivity contribution in [1.82, 2.24) is 9.97 Å². The molecular formula is C32H30ClN7O6S. The maximum Gasteiger partial charge on any atom is 0.323 e. The first-order valence-corrected chi connectivity index (χ1v) is 15.4. The highest BCUT2D eigenvalue weighted by Gasteiger charge is 2.23. The van der Waals surface area contributed by atoms with Gasteiger partial charge in [-0.1, -0.05) is 35.5 Å². The highest BCUT2D eigenvalue weighted by atomic mass is 35.5. The van der Waals surface area contributed by atoms with Gasteiger partial charge >= 0.3 is 11.9 Å². The number of nitrogen functional groups attached to an aromatic ring is 1. The van der Waals surface area contributed by atoms with Crippen molar-refractivity contribution in [3.05, 3.63) is 76.6 Å². The summed E-state index contributed by atoms with van der Waals surface area (Å²) >= 11 is 7.19. The van der Waals surface area contributed by atoms with E-state index >= 15 is 0 Å². The van der Waals surface area contributed by atoms with Crippen LogP contribution in [-0.4, -0.2) is 53.3 Å². The van der Waals surface area contributed by atoms with Gasteiger partial charge in [0.15, 0.2) is 6.10 Å². The Bertz CT molecular complexity index is 1820. The number of rotatable bonds is 13. The lowest BCUT2D eigenvalue weighted by Crippen LogP contribution is -2.38. The summed E-state index contributed by atoms with van der Waals surface area (Å²) in [5, 5.41) is 21.0. The number of halogens is 1. The molecule has 0 saturated carbocycles. The summed E-state index contributed by atoms with van der Waals surface area (Å²) < 4.78 is 21.8. The lowest BCUT2D eigenvalue weighted by Gasteiger charge is -2.20. The molecule has 0 saturated heterocycles. The van der Waals surface area contributed by atoms with Gasteiger partial charge in [-0.2, -0.15) is 10.5 Å². The van der Waals surface area contributed by atoms with E-state index in [0.717, 1.165) is 5.56 Å². The first kappa shape index (κ1) is 34.7. The van der Waals surface area contributed by atoms with Crippen molar-refractivity contribution < 1.29 is 28.2 Å². The minimum absolute atomic E-state index is 0.0357. The van der Waals surface area contributed by atoms with E-state index in [-0.39, 0.29) is 30.2 Å². The number of hydrogen-bond acceptors (Lipinski definition) is 14. The molecule has 4 rings (SSSR count). The van der Waals surface area contributed by atoms with Crippen LogP contribution in [0.25, 0.3) is 22.6 Å². The summed E-state index contributed by atoms with van der Waals surface area (Å²) in [6, 6.07) is 16.0. The quantitative estimate of drug-likeness (QED) is 0.133. The Morgan fingerprint density at radius 3 is 2.19 bits per heavy atom. The minimum Gasteiger partial charge on any atom is -0.490 e. The molecule has 0 amide bonds. The molecule has 0 bridgehead atoms. The molecule has 3 atom stereocenters. The van der Waals surface area contributed by atoms with E-state index < -0.39 is 30.1 Å². The van der Waals surface area contributed by atoms with Crippen LogP contribution in [0.1, 0.15) is 30.7 Å². The molecule has 15 heteroatoms. The minimum atomic E-state index is -0.960. The summed E-state index contributed by atoms with van der Waals surface area (Å²) in [6.45, 7) is 2.47. The Kier molecular flexibility index (Phi) is 11.8. The van der Waals surface area contributed by atoms with Crippen LogP contribution >= 0.6 is 23.4 Å². The monoisotopic (exact) mass is 675 g/mol. The fourth-order valence-electron chi connectivity index (χ4n) is 4.03. The van der Waals surface area contributed by atoms with E-state index in [9.17, 15) is 20.1 Å². The Labute approximate surface area is 279 Å². The second-order valence-corrected chi connectivity index (χ2v) is 11.6. The number of carbonyl (C=O) groups excluding carboxylic acids is 2. The number of nitriles is 2. The van der Waals surface area contributed by atoms with Gasteiger partial charge in [0.05, 0.1) is 11.3 Å². The number of pyridine rings is 1. The molecule has 0 aliphatic carbocycles. The number of hydrogen-bond donors (Lipinski definition) is 3. The van der Waals surface area contributed by atoms with E-state index in [1.807, 2.05) is 0 Å². The van der Waals surface area contributed by atoms with Crippen LogP contribution in [0.2, 0.25) is 5.02 Å². The third-order valence-corrected chi connectivity index (χ3v) is 7.69. The molecule has 242 valence electrons. The van der Waals surface area contributed by atoms with Gasteiger partial charge in [-0.15, -0.1) is 0 Å². The number of anilines is 1. The highest BCUT2D eigenvalue weighted by molar-refractivity contribution is 7.98. The van der Waals surface area contributed by atoms with Crippen LogP contribution in [0.4, 0.5) is 5.82 Å². The summed E-state index contributed by atoms with van der Waals surface area (Å²) in [5.74, 6) is -0.316.